The zero-order valence-corrected chi connectivity index (χ0v) is 11.4. The van der Waals surface area contributed by atoms with Gasteiger partial charge < -0.3 is 15.4 Å². The van der Waals surface area contributed by atoms with Crippen molar-refractivity contribution in [3.05, 3.63) is 11.8 Å². The Balaban J connectivity index is 1.97. The smallest absolute Gasteiger partial charge is 0.224 e. The molecule has 2 unspecified atom stereocenters. The molecule has 2 rings (SSSR count). The molecular formula is C13H22N4O. The van der Waals surface area contributed by atoms with E-state index in [2.05, 4.69) is 27.5 Å². The van der Waals surface area contributed by atoms with E-state index in [-0.39, 0.29) is 0 Å². The van der Waals surface area contributed by atoms with Gasteiger partial charge in [0, 0.05) is 37.4 Å². The van der Waals surface area contributed by atoms with Gasteiger partial charge in [-0.1, -0.05) is 0 Å². The van der Waals surface area contributed by atoms with Gasteiger partial charge in [-0.15, -0.1) is 0 Å². The highest BCUT2D eigenvalue weighted by Gasteiger charge is 2.24. The van der Waals surface area contributed by atoms with Gasteiger partial charge in [0.1, 0.15) is 5.82 Å². The van der Waals surface area contributed by atoms with E-state index in [1.54, 1.807) is 0 Å². The predicted molar refractivity (Wildman–Crippen MR) is 72.9 cm³/mol. The van der Waals surface area contributed by atoms with Crippen LogP contribution in [0.4, 0.5) is 11.8 Å². The fourth-order valence-corrected chi connectivity index (χ4v) is 2.14. The lowest BCUT2D eigenvalue weighted by Crippen LogP contribution is -2.21. The molecule has 2 atom stereocenters. The van der Waals surface area contributed by atoms with Crippen molar-refractivity contribution in [1.29, 1.82) is 0 Å². The number of nitrogens with one attached hydrogen (secondary N) is 2. The maximum atomic E-state index is 5.56. The van der Waals surface area contributed by atoms with Gasteiger partial charge >= 0.3 is 0 Å². The lowest BCUT2D eigenvalue weighted by atomic mass is 10.0. The first-order valence-electron chi connectivity index (χ1n) is 6.63. The predicted octanol–water partition coefficient (Wildman–Crippen LogP) is 2.05. The van der Waals surface area contributed by atoms with E-state index in [0.29, 0.717) is 18.0 Å². The molecule has 5 nitrogen and oxygen atoms in total. The Morgan fingerprint density at radius 1 is 1.44 bits per heavy atom. The number of hydrogen-bond donors (Lipinski definition) is 2. The summed E-state index contributed by atoms with van der Waals surface area (Å²) in [5.41, 5.74) is 1.07. The molecule has 0 aromatic carbocycles. The molecule has 1 fully saturated rings. The van der Waals surface area contributed by atoms with Gasteiger partial charge in [-0.25, -0.2) is 4.98 Å². The van der Waals surface area contributed by atoms with Gasteiger partial charge in [0.25, 0.3) is 0 Å². The summed E-state index contributed by atoms with van der Waals surface area (Å²) in [4.78, 5) is 8.71. The minimum absolute atomic E-state index is 0.341. The molecule has 2 N–H and O–H groups in total. The largest absolute Gasteiger partial charge is 0.378 e. The first-order valence-corrected chi connectivity index (χ1v) is 6.63. The molecular weight excluding hydrogens is 228 g/mol. The minimum atomic E-state index is 0.341. The van der Waals surface area contributed by atoms with Crippen molar-refractivity contribution in [2.45, 2.75) is 33.3 Å². The summed E-state index contributed by atoms with van der Waals surface area (Å²) in [5.74, 6) is 2.17. The zero-order valence-electron chi connectivity index (χ0n) is 11.4. The van der Waals surface area contributed by atoms with E-state index < -0.39 is 0 Å². The molecule has 5 heteroatoms. The van der Waals surface area contributed by atoms with Crippen LogP contribution >= 0.6 is 0 Å². The summed E-state index contributed by atoms with van der Waals surface area (Å²) >= 11 is 0. The number of rotatable bonds is 5. The van der Waals surface area contributed by atoms with Crippen LogP contribution in [0.15, 0.2) is 6.20 Å². The molecule has 0 aliphatic carbocycles. The summed E-state index contributed by atoms with van der Waals surface area (Å²) in [7, 11) is 0. The summed E-state index contributed by atoms with van der Waals surface area (Å²) in [6.07, 6.45) is 3.31. The van der Waals surface area contributed by atoms with Crippen LogP contribution in [-0.2, 0) is 4.74 Å². The van der Waals surface area contributed by atoms with Gasteiger partial charge in [0.15, 0.2) is 0 Å². The fraction of sp³-hybridized carbons (Fsp3) is 0.692. The van der Waals surface area contributed by atoms with Gasteiger partial charge in [-0.2, -0.15) is 4.98 Å². The third-order valence-corrected chi connectivity index (χ3v) is 3.37. The topological polar surface area (TPSA) is 59.1 Å². The first kappa shape index (κ1) is 13.1. The zero-order chi connectivity index (χ0) is 13.0. The second-order valence-electron chi connectivity index (χ2n) is 4.76. The Bertz CT molecular complexity index is 397. The monoisotopic (exact) mass is 250 g/mol. The van der Waals surface area contributed by atoms with Crippen LogP contribution in [0.25, 0.3) is 0 Å². The molecule has 0 radical (unpaired) electrons. The average molecular weight is 250 g/mol. The van der Waals surface area contributed by atoms with Crippen LogP contribution in [0.3, 0.4) is 0 Å². The Morgan fingerprint density at radius 3 is 2.94 bits per heavy atom. The van der Waals surface area contributed by atoms with E-state index in [1.807, 2.05) is 20.0 Å². The number of nitrogens with zero attached hydrogens (tertiary/aromatic N) is 2. The summed E-state index contributed by atoms with van der Waals surface area (Å²) in [6.45, 7) is 8.80. The maximum Gasteiger partial charge on any atom is 0.224 e. The molecule has 2 heterocycles. The first-order chi connectivity index (χ1) is 8.70. The third-order valence-electron chi connectivity index (χ3n) is 3.37. The Kier molecular flexibility index (Phi) is 4.36. The van der Waals surface area contributed by atoms with Crippen LogP contribution in [0.5, 0.6) is 0 Å². The van der Waals surface area contributed by atoms with Crippen molar-refractivity contribution in [3.8, 4) is 0 Å². The van der Waals surface area contributed by atoms with Crippen LogP contribution in [0.1, 0.15) is 25.8 Å². The van der Waals surface area contributed by atoms with E-state index in [1.165, 1.54) is 0 Å². The second-order valence-corrected chi connectivity index (χ2v) is 4.76. The Labute approximate surface area is 108 Å². The van der Waals surface area contributed by atoms with Gasteiger partial charge in [0.05, 0.1) is 6.10 Å². The number of anilines is 2. The number of hydrogen-bond acceptors (Lipinski definition) is 5. The summed E-state index contributed by atoms with van der Waals surface area (Å²) < 4.78 is 5.56. The molecule has 1 aromatic heterocycles. The quantitative estimate of drug-likeness (QED) is 0.837. The molecule has 1 aliphatic heterocycles. The average Bonchev–Trinajstić information content (AvgIpc) is 2.76. The van der Waals surface area contributed by atoms with Crippen molar-refractivity contribution in [1.82, 2.24) is 9.97 Å². The number of aromatic nitrogens is 2. The Hall–Kier alpha value is -1.36. The molecule has 0 spiro atoms. The molecule has 0 bridgehead atoms. The van der Waals surface area contributed by atoms with Crippen molar-refractivity contribution >= 4 is 11.8 Å². The highest BCUT2D eigenvalue weighted by Crippen LogP contribution is 2.21. The van der Waals surface area contributed by atoms with Crippen molar-refractivity contribution in [3.63, 3.8) is 0 Å². The lowest BCUT2D eigenvalue weighted by Gasteiger charge is -2.16. The molecule has 1 saturated heterocycles. The van der Waals surface area contributed by atoms with Gasteiger partial charge in [0.2, 0.25) is 5.95 Å². The molecule has 100 valence electrons. The second kappa shape index (κ2) is 6.00. The van der Waals surface area contributed by atoms with E-state index in [9.17, 15) is 0 Å². The van der Waals surface area contributed by atoms with E-state index in [0.717, 1.165) is 37.5 Å². The highest BCUT2D eigenvalue weighted by molar-refractivity contribution is 5.46. The van der Waals surface area contributed by atoms with Crippen LogP contribution in [-0.4, -0.2) is 35.8 Å². The SMILES string of the molecule is CCNc1ncc(C)c(NCC2CCOC2C)n1. The standard InChI is InChI=1S/C13H22N4O/c1-4-14-13-16-7-9(2)12(17-13)15-8-11-5-6-18-10(11)3/h7,10-11H,4-6,8H2,1-3H3,(H2,14,15,16,17). The molecule has 18 heavy (non-hydrogen) atoms. The van der Waals surface area contributed by atoms with Crippen LogP contribution in [0.2, 0.25) is 0 Å². The van der Waals surface area contributed by atoms with Crippen molar-refractivity contribution < 1.29 is 4.74 Å². The van der Waals surface area contributed by atoms with E-state index >= 15 is 0 Å². The summed E-state index contributed by atoms with van der Waals surface area (Å²) in [5, 5.41) is 6.54. The van der Waals surface area contributed by atoms with E-state index in [4.69, 9.17) is 4.74 Å². The van der Waals surface area contributed by atoms with Gasteiger partial charge in [-0.3, -0.25) is 0 Å². The van der Waals surface area contributed by atoms with Crippen molar-refractivity contribution in [2.75, 3.05) is 30.3 Å². The number of ether oxygens (including phenoxy) is 1. The lowest BCUT2D eigenvalue weighted by molar-refractivity contribution is 0.108. The molecule has 1 aliphatic rings. The Morgan fingerprint density at radius 2 is 2.28 bits per heavy atom. The molecule has 1 aromatic rings. The van der Waals surface area contributed by atoms with Crippen LogP contribution in [0, 0.1) is 12.8 Å². The minimum Gasteiger partial charge on any atom is -0.378 e. The summed E-state index contributed by atoms with van der Waals surface area (Å²) in [6, 6.07) is 0. The highest BCUT2D eigenvalue weighted by atomic mass is 16.5. The normalized spacial score (nSPS) is 23.1. The maximum absolute atomic E-state index is 5.56. The third kappa shape index (κ3) is 3.10. The van der Waals surface area contributed by atoms with Crippen molar-refractivity contribution in [2.24, 2.45) is 5.92 Å². The molecule has 0 amide bonds. The fourth-order valence-electron chi connectivity index (χ4n) is 2.14. The van der Waals surface area contributed by atoms with Gasteiger partial charge in [-0.05, 0) is 27.2 Å². The van der Waals surface area contributed by atoms with Crippen LogP contribution < -0.4 is 10.6 Å². The molecule has 0 saturated carbocycles. The number of aryl methyl sites for hydroxylation is 1.